The number of aliphatic hydroxyl groups excluding tert-OH is 1. The molecule has 5 heterocycles. The average molecular weight is 492 g/mol. The summed E-state index contributed by atoms with van der Waals surface area (Å²) in [6.45, 7) is 2.95. The Hall–Kier alpha value is -3.88. The number of thiophene rings is 1. The van der Waals surface area contributed by atoms with E-state index in [2.05, 4.69) is 16.4 Å². The number of likely N-dealkylation sites (tertiary alicyclic amines) is 1. The number of ether oxygens (including phenoxy) is 2. The van der Waals surface area contributed by atoms with E-state index in [1.807, 2.05) is 13.0 Å². The quantitative estimate of drug-likeness (QED) is 0.571. The zero-order valence-electron chi connectivity index (χ0n) is 18.8. The van der Waals surface area contributed by atoms with E-state index in [4.69, 9.17) is 9.47 Å². The van der Waals surface area contributed by atoms with Crippen molar-refractivity contribution in [2.45, 2.75) is 19.8 Å². The van der Waals surface area contributed by atoms with E-state index in [9.17, 15) is 20.0 Å². The van der Waals surface area contributed by atoms with Gasteiger partial charge in [0.05, 0.1) is 28.0 Å². The van der Waals surface area contributed by atoms with E-state index in [0.717, 1.165) is 18.4 Å². The summed E-state index contributed by atoms with van der Waals surface area (Å²) in [6.07, 6.45) is 3.10. The fourth-order valence-corrected chi connectivity index (χ4v) is 6.06. The molecular formula is C24H21N5O5S. The first kappa shape index (κ1) is 21.6. The van der Waals surface area contributed by atoms with Gasteiger partial charge in [-0.15, -0.1) is 11.3 Å². The minimum atomic E-state index is -0.507. The molecule has 3 aliphatic heterocycles. The van der Waals surface area contributed by atoms with Crippen molar-refractivity contribution in [3.63, 3.8) is 0 Å². The van der Waals surface area contributed by atoms with Gasteiger partial charge in [0, 0.05) is 25.9 Å². The molecule has 1 atom stereocenters. The van der Waals surface area contributed by atoms with Gasteiger partial charge in [-0.25, -0.2) is 9.78 Å². The zero-order chi connectivity index (χ0) is 24.3. The molecule has 0 aliphatic carbocycles. The Labute approximate surface area is 204 Å². The maximum Gasteiger partial charge on any atom is 0.331 e. The summed E-state index contributed by atoms with van der Waals surface area (Å²) in [6, 6.07) is 5.25. The molecule has 11 heteroatoms. The number of urea groups is 1. The summed E-state index contributed by atoms with van der Waals surface area (Å²) in [7, 11) is 0. The lowest BCUT2D eigenvalue weighted by Crippen LogP contribution is -2.41. The van der Waals surface area contributed by atoms with Gasteiger partial charge in [-0.05, 0) is 37.3 Å². The lowest BCUT2D eigenvalue weighted by Gasteiger charge is -2.33. The minimum Gasteiger partial charge on any atom is -0.454 e. The van der Waals surface area contributed by atoms with Crippen molar-refractivity contribution in [3.8, 4) is 17.6 Å². The third kappa shape index (κ3) is 3.21. The fourth-order valence-electron chi connectivity index (χ4n) is 4.99. The molecule has 3 amide bonds. The predicted molar refractivity (Wildman–Crippen MR) is 129 cm³/mol. The summed E-state index contributed by atoms with van der Waals surface area (Å²) in [5, 5.41) is 22.9. The number of carbonyl (C=O) groups excluding carboxylic acids is 2. The molecule has 2 N–H and O–H groups in total. The highest BCUT2D eigenvalue weighted by Gasteiger charge is 2.39. The monoisotopic (exact) mass is 491 g/mol. The smallest absolute Gasteiger partial charge is 0.331 e. The van der Waals surface area contributed by atoms with Gasteiger partial charge >= 0.3 is 6.03 Å². The molecule has 178 valence electrons. The first-order valence-corrected chi connectivity index (χ1v) is 12.1. The molecule has 3 aromatic rings. The van der Waals surface area contributed by atoms with Gasteiger partial charge < -0.3 is 24.8 Å². The number of nitrogens with zero attached hydrogens (tertiary/aromatic N) is 4. The van der Waals surface area contributed by atoms with Crippen LogP contribution in [0.4, 0.5) is 21.9 Å². The van der Waals surface area contributed by atoms with Gasteiger partial charge in [-0.3, -0.25) is 9.69 Å². The van der Waals surface area contributed by atoms with Crippen LogP contribution in [0.15, 0.2) is 18.3 Å². The first-order valence-electron chi connectivity index (χ1n) is 11.3. The van der Waals surface area contributed by atoms with Gasteiger partial charge in [0.15, 0.2) is 11.5 Å². The van der Waals surface area contributed by atoms with Gasteiger partial charge in [0.2, 0.25) is 6.79 Å². The number of benzene rings is 1. The molecule has 35 heavy (non-hydrogen) atoms. The van der Waals surface area contributed by atoms with Crippen LogP contribution >= 0.6 is 11.3 Å². The van der Waals surface area contributed by atoms with Crippen molar-refractivity contribution in [1.82, 2.24) is 9.88 Å². The summed E-state index contributed by atoms with van der Waals surface area (Å²) in [5.41, 5.74) is 2.18. The van der Waals surface area contributed by atoms with Gasteiger partial charge in [-0.1, -0.05) is 6.07 Å². The lowest BCUT2D eigenvalue weighted by molar-refractivity contribution is 0.0626. The number of carbonyl (C=O) groups is 2. The molecular weight excluding hydrogens is 470 g/mol. The first-order chi connectivity index (χ1) is 17.0. The highest BCUT2D eigenvalue weighted by Crippen LogP contribution is 2.52. The van der Waals surface area contributed by atoms with Crippen molar-refractivity contribution in [3.05, 3.63) is 34.3 Å². The molecule has 0 radical (unpaired) electrons. The molecule has 0 bridgehead atoms. The number of piperidine rings is 1. The number of rotatable bonds is 3. The highest BCUT2D eigenvalue weighted by molar-refractivity contribution is 7.21. The van der Waals surface area contributed by atoms with E-state index < -0.39 is 6.03 Å². The normalized spacial score (nSPS) is 18.5. The van der Waals surface area contributed by atoms with Crippen LogP contribution in [0.25, 0.3) is 10.2 Å². The molecule has 1 fully saturated rings. The van der Waals surface area contributed by atoms with E-state index in [1.54, 1.807) is 11.0 Å². The van der Waals surface area contributed by atoms with E-state index in [-0.39, 0.29) is 30.8 Å². The number of aliphatic hydroxyl groups is 1. The van der Waals surface area contributed by atoms with Crippen LogP contribution < -0.4 is 19.7 Å². The number of nitriles is 1. The van der Waals surface area contributed by atoms with Gasteiger partial charge in [0.25, 0.3) is 5.91 Å². The molecule has 1 aromatic carbocycles. The number of aromatic nitrogens is 1. The standard InChI is InChI=1S/C24H21N5O5S/c1-12-4-5-15-20(34-11-33-15)18(12)29-19-14(7-25)8-26-22-16(19)17(27-24(29)32)21(35-22)23(31)28-6-2-3-13(9-28)10-30/h4-5,8,13,30H,2-3,6,9-11H2,1H3,(H,27,32). The molecule has 1 unspecified atom stereocenters. The summed E-state index contributed by atoms with van der Waals surface area (Å²) >= 11 is 1.19. The van der Waals surface area contributed by atoms with E-state index in [0.29, 0.717) is 56.7 Å². The Bertz CT molecular complexity index is 1440. The Balaban J connectivity index is 1.54. The Morgan fingerprint density at radius 1 is 1.37 bits per heavy atom. The SMILES string of the molecule is Cc1ccc2c(c1N1C(=O)Nc3c(C(=O)N4CCCC(CO)C4)sc4ncc(C#N)c1c34)OCO2. The second-order valence-electron chi connectivity index (χ2n) is 8.79. The largest absolute Gasteiger partial charge is 0.454 e. The zero-order valence-corrected chi connectivity index (χ0v) is 19.6. The average Bonchev–Trinajstić information content (AvgIpc) is 3.50. The number of amides is 3. The van der Waals surface area contributed by atoms with Crippen molar-refractivity contribution in [2.24, 2.45) is 5.92 Å². The number of aryl methyl sites for hydroxylation is 1. The van der Waals surface area contributed by atoms with Crippen LogP contribution in [0.3, 0.4) is 0 Å². The fraction of sp³-hybridized carbons (Fsp3) is 0.333. The van der Waals surface area contributed by atoms with Crippen molar-refractivity contribution >= 4 is 50.6 Å². The van der Waals surface area contributed by atoms with Crippen LogP contribution in [0, 0.1) is 24.2 Å². The third-order valence-corrected chi connectivity index (χ3v) is 7.75. The second kappa shape index (κ2) is 8.11. The number of hydrogen-bond acceptors (Lipinski definition) is 8. The summed E-state index contributed by atoms with van der Waals surface area (Å²) in [4.78, 5) is 35.6. The van der Waals surface area contributed by atoms with Crippen LogP contribution in [0.2, 0.25) is 0 Å². The van der Waals surface area contributed by atoms with Crippen molar-refractivity contribution in [2.75, 3.05) is 36.7 Å². The molecule has 2 aromatic heterocycles. The molecule has 0 saturated carbocycles. The minimum absolute atomic E-state index is 0.0263. The van der Waals surface area contributed by atoms with Gasteiger partial charge in [0.1, 0.15) is 15.8 Å². The molecule has 10 nitrogen and oxygen atoms in total. The molecule has 3 aliphatic rings. The van der Waals surface area contributed by atoms with Crippen LogP contribution in [0.5, 0.6) is 11.5 Å². The maximum absolute atomic E-state index is 13.6. The summed E-state index contributed by atoms with van der Waals surface area (Å²) < 4.78 is 11.2. The van der Waals surface area contributed by atoms with Crippen LogP contribution in [-0.2, 0) is 0 Å². The van der Waals surface area contributed by atoms with Crippen molar-refractivity contribution in [1.29, 1.82) is 5.26 Å². The number of hydrogen-bond donors (Lipinski definition) is 2. The topological polar surface area (TPSA) is 128 Å². The van der Waals surface area contributed by atoms with Gasteiger partial charge in [-0.2, -0.15) is 5.26 Å². The Kier molecular flexibility index (Phi) is 5.01. The number of pyridine rings is 1. The number of anilines is 3. The lowest BCUT2D eigenvalue weighted by atomic mass is 9.98. The number of fused-ring (bicyclic) bond motifs is 1. The van der Waals surface area contributed by atoms with E-state index >= 15 is 0 Å². The van der Waals surface area contributed by atoms with Crippen LogP contribution in [0.1, 0.15) is 33.6 Å². The Morgan fingerprint density at radius 3 is 3.03 bits per heavy atom. The predicted octanol–water partition coefficient (Wildman–Crippen LogP) is 3.73. The molecule has 1 saturated heterocycles. The van der Waals surface area contributed by atoms with Crippen molar-refractivity contribution < 1.29 is 24.2 Å². The number of nitrogens with one attached hydrogen (secondary N) is 1. The third-order valence-electron chi connectivity index (χ3n) is 6.67. The second-order valence-corrected chi connectivity index (χ2v) is 9.79. The maximum atomic E-state index is 13.6. The van der Waals surface area contributed by atoms with E-state index in [1.165, 1.54) is 22.4 Å². The highest BCUT2D eigenvalue weighted by atomic mass is 32.1. The summed E-state index contributed by atoms with van der Waals surface area (Å²) in [5.74, 6) is 0.755. The molecule has 6 rings (SSSR count). The molecule has 0 spiro atoms. The van der Waals surface area contributed by atoms with Crippen LogP contribution in [-0.4, -0.2) is 53.4 Å². The Morgan fingerprint density at radius 2 is 2.23 bits per heavy atom.